The van der Waals surface area contributed by atoms with Crippen molar-refractivity contribution in [2.24, 2.45) is 5.41 Å². The Morgan fingerprint density at radius 2 is 1.50 bits per heavy atom. The molecular weight excluding hydrogens is 166 g/mol. The lowest BCUT2D eigenvalue weighted by Gasteiger charge is -2.26. The second-order valence-electron chi connectivity index (χ2n) is 5.13. The van der Waals surface area contributed by atoms with Crippen molar-refractivity contribution in [1.82, 2.24) is 4.72 Å². The van der Waals surface area contributed by atoms with E-state index in [-0.39, 0.29) is 11.0 Å². The van der Waals surface area contributed by atoms with Crippen LogP contribution in [-0.4, -0.2) is 5.54 Å². The molecule has 1 nitrogen and oxygen atoms in total. The van der Waals surface area contributed by atoms with E-state index >= 15 is 0 Å². The minimum absolute atomic E-state index is 0.152. The number of rotatable bonds is 2. The van der Waals surface area contributed by atoms with E-state index in [4.69, 9.17) is 0 Å². The summed E-state index contributed by atoms with van der Waals surface area (Å²) in [5.41, 5.74) is 0.335. The molecule has 0 amide bonds. The fourth-order valence-electron chi connectivity index (χ4n) is 0.368. The Balaban J connectivity index is 3.90. The number of allylic oxidation sites excluding steroid dienone is 1. The van der Waals surface area contributed by atoms with Crippen LogP contribution < -0.4 is 4.72 Å². The molecule has 0 aliphatic heterocycles. The zero-order valence-corrected chi connectivity index (χ0v) is 9.93. The van der Waals surface area contributed by atoms with Crippen molar-refractivity contribution in [1.29, 1.82) is 0 Å². The Hall–Kier alpha value is 0.0500. The lowest BCUT2D eigenvalue weighted by atomic mass is 9.97. The molecular formula is C10H21NS. The van der Waals surface area contributed by atoms with Gasteiger partial charge in [0.25, 0.3) is 0 Å². The number of hydrogen-bond acceptors (Lipinski definition) is 2. The van der Waals surface area contributed by atoms with Gasteiger partial charge in [-0.25, -0.2) is 0 Å². The van der Waals surface area contributed by atoms with Crippen LogP contribution >= 0.6 is 11.9 Å². The van der Waals surface area contributed by atoms with Gasteiger partial charge in [0.1, 0.15) is 0 Å². The van der Waals surface area contributed by atoms with Crippen molar-refractivity contribution in [3.63, 3.8) is 0 Å². The van der Waals surface area contributed by atoms with Gasteiger partial charge in [0, 0.05) is 5.54 Å². The van der Waals surface area contributed by atoms with Gasteiger partial charge in [-0.15, -0.1) is 0 Å². The third-order valence-corrected chi connectivity index (χ3v) is 2.89. The zero-order valence-electron chi connectivity index (χ0n) is 9.12. The Labute approximate surface area is 81.1 Å². The van der Waals surface area contributed by atoms with Gasteiger partial charge in [-0.2, -0.15) is 0 Å². The van der Waals surface area contributed by atoms with Crippen LogP contribution in [0.25, 0.3) is 0 Å². The second-order valence-corrected chi connectivity index (χ2v) is 6.03. The van der Waals surface area contributed by atoms with Gasteiger partial charge < -0.3 is 0 Å². The normalized spacial score (nSPS) is 13.2. The summed E-state index contributed by atoms with van der Waals surface area (Å²) in [5.74, 6) is 0. The van der Waals surface area contributed by atoms with Crippen LogP contribution in [0.1, 0.15) is 41.5 Å². The third-order valence-electron chi connectivity index (χ3n) is 1.32. The first-order valence-corrected chi connectivity index (χ1v) is 5.08. The highest BCUT2D eigenvalue weighted by Gasteiger charge is 2.18. The van der Waals surface area contributed by atoms with Crippen LogP contribution in [0, 0.1) is 5.41 Å². The molecule has 0 heterocycles. The zero-order chi connectivity index (χ0) is 9.99. The van der Waals surface area contributed by atoms with Gasteiger partial charge in [-0.1, -0.05) is 27.4 Å². The van der Waals surface area contributed by atoms with E-state index in [1.165, 1.54) is 4.91 Å². The SMILES string of the molecule is C=C(SNC(C)(C)C)C(C)(C)C. The Bertz CT molecular complexity index is 160. The van der Waals surface area contributed by atoms with Crippen molar-refractivity contribution in [3.8, 4) is 0 Å². The summed E-state index contributed by atoms with van der Waals surface area (Å²) in [6, 6.07) is 0. The standard InChI is InChI=1S/C10H21NS/c1-8(9(2,3)4)12-11-10(5,6)7/h11H,1H2,2-7H3. The highest BCUT2D eigenvalue weighted by molar-refractivity contribution is 8.01. The molecule has 0 aromatic carbocycles. The maximum Gasteiger partial charge on any atom is 0.0201 e. The molecule has 12 heavy (non-hydrogen) atoms. The van der Waals surface area contributed by atoms with Crippen molar-refractivity contribution in [3.05, 3.63) is 11.5 Å². The molecule has 0 fully saturated rings. The Morgan fingerprint density at radius 1 is 1.08 bits per heavy atom. The molecule has 0 aromatic heterocycles. The van der Waals surface area contributed by atoms with Crippen molar-refractivity contribution >= 4 is 11.9 Å². The van der Waals surface area contributed by atoms with E-state index in [2.05, 4.69) is 52.8 Å². The van der Waals surface area contributed by atoms with Crippen LogP contribution in [0.2, 0.25) is 0 Å². The molecule has 0 atom stereocenters. The quantitative estimate of drug-likeness (QED) is 0.663. The lowest BCUT2D eigenvalue weighted by molar-refractivity contribution is 0.519. The molecule has 0 aliphatic rings. The topological polar surface area (TPSA) is 12.0 Å². The van der Waals surface area contributed by atoms with Gasteiger partial charge in [-0.05, 0) is 43.0 Å². The Morgan fingerprint density at radius 3 is 1.75 bits per heavy atom. The fourth-order valence-corrected chi connectivity index (χ4v) is 1.10. The smallest absolute Gasteiger partial charge is 0.0201 e. The minimum Gasteiger partial charge on any atom is -0.255 e. The average molecular weight is 187 g/mol. The average Bonchev–Trinajstić information content (AvgIpc) is 1.78. The predicted molar refractivity (Wildman–Crippen MR) is 59.1 cm³/mol. The first-order chi connectivity index (χ1) is 5.13. The fraction of sp³-hybridized carbons (Fsp3) is 0.800. The highest BCUT2D eigenvalue weighted by atomic mass is 32.2. The van der Waals surface area contributed by atoms with E-state index < -0.39 is 0 Å². The maximum absolute atomic E-state index is 4.03. The van der Waals surface area contributed by atoms with Crippen LogP contribution in [0.5, 0.6) is 0 Å². The number of nitrogens with one attached hydrogen (secondary N) is 1. The summed E-state index contributed by atoms with van der Waals surface area (Å²) in [4.78, 5) is 1.18. The summed E-state index contributed by atoms with van der Waals surface area (Å²) in [6.45, 7) is 17.0. The molecule has 0 saturated carbocycles. The van der Waals surface area contributed by atoms with Crippen LogP contribution in [0.15, 0.2) is 11.5 Å². The summed E-state index contributed by atoms with van der Waals surface area (Å²) >= 11 is 1.65. The summed E-state index contributed by atoms with van der Waals surface area (Å²) in [5, 5.41) is 0. The van der Waals surface area contributed by atoms with Crippen molar-refractivity contribution in [2.45, 2.75) is 47.1 Å². The van der Waals surface area contributed by atoms with E-state index in [0.717, 1.165) is 0 Å². The maximum atomic E-state index is 4.03. The lowest BCUT2D eigenvalue weighted by Crippen LogP contribution is -2.30. The Kier molecular flexibility index (Phi) is 3.86. The van der Waals surface area contributed by atoms with Crippen molar-refractivity contribution < 1.29 is 0 Å². The summed E-state index contributed by atoms with van der Waals surface area (Å²) in [7, 11) is 0. The minimum atomic E-state index is 0.152. The molecule has 72 valence electrons. The van der Waals surface area contributed by atoms with Gasteiger partial charge >= 0.3 is 0 Å². The van der Waals surface area contributed by atoms with E-state index in [0.29, 0.717) is 0 Å². The molecule has 0 saturated heterocycles. The molecule has 0 spiro atoms. The first kappa shape index (κ1) is 12.0. The molecule has 0 radical (unpaired) electrons. The monoisotopic (exact) mass is 187 g/mol. The molecule has 0 rings (SSSR count). The van der Waals surface area contributed by atoms with Gasteiger partial charge in [-0.3, -0.25) is 4.72 Å². The first-order valence-electron chi connectivity index (χ1n) is 4.26. The molecule has 0 unspecified atom stereocenters. The van der Waals surface area contributed by atoms with Gasteiger partial charge in [0.05, 0.1) is 0 Å². The van der Waals surface area contributed by atoms with E-state index in [1.807, 2.05) is 0 Å². The van der Waals surface area contributed by atoms with Crippen LogP contribution in [0.4, 0.5) is 0 Å². The molecule has 0 bridgehead atoms. The summed E-state index contributed by atoms with van der Waals surface area (Å²) < 4.78 is 3.35. The van der Waals surface area contributed by atoms with E-state index in [1.54, 1.807) is 11.9 Å². The highest BCUT2D eigenvalue weighted by Crippen LogP contribution is 2.31. The molecule has 0 aromatic rings. The number of hydrogen-bond donors (Lipinski definition) is 1. The van der Waals surface area contributed by atoms with Crippen LogP contribution in [-0.2, 0) is 0 Å². The van der Waals surface area contributed by atoms with Crippen molar-refractivity contribution in [2.75, 3.05) is 0 Å². The third kappa shape index (κ3) is 5.67. The molecule has 0 aliphatic carbocycles. The predicted octanol–water partition coefficient (Wildman–Crippen LogP) is 3.58. The van der Waals surface area contributed by atoms with Gasteiger partial charge in [0.15, 0.2) is 0 Å². The van der Waals surface area contributed by atoms with Crippen LogP contribution in [0.3, 0.4) is 0 Å². The largest absolute Gasteiger partial charge is 0.255 e. The summed E-state index contributed by atoms with van der Waals surface area (Å²) in [6.07, 6.45) is 0. The van der Waals surface area contributed by atoms with Gasteiger partial charge in [0.2, 0.25) is 0 Å². The second kappa shape index (κ2) is 3.84. The molecule has 2 heteroatoms. The molecule has 1 N–H and O–H groups in total. The van der Waals surface area contributed by atoms with E-state index in [9.17, 15) is 0 Å².